The number of carbonyl (C=O) groups is 2. The number of nitrogens with zero attached hydrogens (tertiary/aromatic N) is 7. The number of likely N-dealkylation sites (tertiary alicyclic amines) is 1. The summed E-state index contributed by atoms with van der Waals surface area (Å²) in [4.78, 5) is 36.1. The zero-order chi connectivity index (χ0) is 27.5. The Balaban J connectivity index is 1.40. The van der Waals surface area contributed by atoms with Crippen LogP contribution >= 0.6 is 0 Å². The Morgan fingerprint density at radius 2 is 1.92 bits per heavy atom. The van der Waals surface area contributed by atoms with E-state index < -0.39 is 5.91 Å². The fourth-order valence-electron chi connectivity index (χ4n) is 4.80. The molecule has 1 fully saturated rings. The number of hydrogen-bond acceptors (Lipinski definition) is 7. The Morgan fingerprint density at radius 3 is 2.62 bits per heavy atom. The van der Waals surface area contributed by atoms with E-state index in [1.54, 1.807) is 41.5 Å². The number of hydrogen-bond donors (Lipinski definition) is 2. The summed E-state index contributed by atoms with van der Waals surface area (Å²) in [6, 6.07) is 11.5. The van der Waals surface area contributed by atoms with Crippen molar-refractivity contribution in [3.8, 4) is 17.1 Å². The maximum absolute atomic E-state index is 13.4. The highest BCUT2D eigenvalue weighted by molar-refractivity contribution is 6.02. The molecule has 3 N–H and O–H groups in total. The van der Waals surface area contributed by atoms with Crippen LogP contribution in [0.5, 0.6) is 0 Å². The average molecular weight is 528 g/mol. The highest BCUT2D eigenvalue weighted by Gasteiger charge is 2.26. The number of nitrogens with two attached hydrogens (primary N) is 1. The van der Waals surface area contributed by atoms with E-state index in [0.29, 0.717) is 34.9 Å². The minimum Gasteiger partial charge on any atom is -0.368 e. The molecule has 1 aliphatic heterocycles. The molecule has 0 unspecified atom stereocenters. The summed E-state index contributed by atoms with van der Waals surface area (Å²) in [5.74, 6) is 0.622. The maximum Gasteiger partial charge on any atom is 0.275 e. The zero-order valence-corrected chi connectivity index (χ0v) is 22.4. The number of aromatic nitrogens is 6. The molecule has 0 radical (unpaired) electrons. The lowest BCUT2D eigenvalue weighted by Crippen LogP contribution is -2.37. The molecule has 0 atom stereocenters. The van der Waals surface area contributed by atoms with Gasteiger partial charge in [0.1, 0.15) is 18.1 Å². The smallest absolute Gasteiger partial charge is 0.275 e. The summed E-state index contributed by atoms with van der Waals surface area (Å²) in [6.45, 7) is 8.44. The molecule has 0 aliphatic carbocycles. The van der Waals surface area contributed by atoms with E-state index in [9.17, 15) is 9.59 Å². The van der Waals surface area contributed by atoms with Crippen molar-refractivity contribution in [2.45, 2.75) is 52.1 Å². The lowest BCUT2D eigenvalue weighted by Gasteiger charge is -2.33. The van der Waals surface area contributed by atoms with Crippen LogP contribution in [0.4, 0.5) is 5.82 Å². The van der Waals surface area contributed by atoms with Crippen molar-refractivity contribution in [3.63, 3.8) is 0 Å². The highest BCUT2D eigenvalue weighted by Crippen LogP contribution is 2.31. The van der Waals surface area contributed by atoms with Gasteiger partial charge in [-0.15, -0.1) is 0 Å². The molecule has 0 aromatic carbocycles. The van der Waals surface area contributed by atoms with Gasteiger partial charge >= 0.3 is 0 Å². The molecule has 4 aromatic heterocycles. The number of amides is 2. The van der Waals surface area contributed by atoms with Crippen molar-refractivity contribution in [1.29, 1.82) is 0 Å². The van der Waals surface area contributed by atoms with Crippen LogP contribution in [0.2, 0.25) is 0 Å². The van der Waals surface area contributed by atoms with E-state index in [-0.39, 0.29) is 18.1 Å². The quantitative estimate of drug-likeness (QED) is 0.359. The van der Waals surface area contributed by atoms with Crippen LogP contribution in [0.25, 0.3) is 17.1 Å². The Kier molecular flexibility index (Phi) is 7.51. The molecule has 202 valence electrons. The first-order valence-corrected chi connectivity index (χ1v) is 13.1. The molecule has 5 rings (SSSR count). The van der Waals surface area contributed by atoms with Crippen molar-refractivity contribution in [1.82, 2.24) is 34.4 Å². The van der Waals surface area contributed by atoms with Crippen LogP contribution < -0.4 is 11.1 Å². The third-order valence-corrected chi connectivity index (χ3v) is 6.99. The second-order valence-corrected chi connectivity index (χ2v) is 10.2. The van der Waals surface area contributed by atoms with Crippen LogP contribution in [-0.2, 0) is 11.3 Å². The Bertz CT molecular complexity index is 1460. The standard InChI is InChI=1S/C28H33N9O2/c1-18(2)35-11-9-20(10-12-35)24-13-27(37(34-24)26-8-7-19(3)14-30-26)33-28(39)23-6-4-5-22(32-23)21-15-31-36(16-21)17-25(29)38/h4-8,13-16,18,20H,9-12,17H2,1-3H3,(H2,29,38)(H,33,39). The van der Waals surface area contributed by atoms with Crippen LogP contribution in [0.3, 0.4) is 0 Å². The number of anilines is 1. The summed E-state index contributed by atoms with van der Waals surface area (Å²) >= 11 is 0. The molecule has 2 amide bonds. The number of pyridine rings is 2. The van der Waals surface area contributed by atoms with E-state index >= 15 is 0 Å². The second kappa shape index (κ2) is 11.2. The lowest BCUT2D eigenvalue weighted by molar-refractivity contribution is -0.118. The molecule has 4 aromatic rings. The molecule has 0 bridgehead atoms. The van der Waals surface area contributed by atoms with Gasteiger partial charge in [-0.2, -0.15) is 14.9 Å². The molecule has 11 heteroatoms. The summed E-state index contributed by atoms with van der Waals surface area (Å²) in [7, 11) is 0. The van der Waals surface area contributed by atoms with Gasteiger partial charge in [0.15, 0.2) is 5.82 Å². The van der Waals surface area contributed by atoms with E-state index in [2.05, 4.69) is 39.1 Å². The summed E-state index contributed by atoms with van der Waals surface area (Å²) in [5, 5.41) is 12.0. The van der Waals surface area contributed by atoms with E-state index in [0.717, 1.165) is 37.2 Å². The van der Waals surface area contributed by atoms with Gasteiger partial charge in [0.2, 0.25) is 5.91 Å². The molecule has 11 nitrogen and oxygen atoms in total. The molecule has 39 heavy (non-hydrogen) atoms. The normalized spacial score (nSPS) is 14.6. The zero-order valence-electron chi connectivity index (χ0n) is 22.4. The van der Waals surface area contributed by atoms with Gasteiger partial charge in [0.25, 0.3) is 5.91 Å². The molecular weight excluding hydrogens is 494 g/mol. The number of aryl methyl sites for hydroxylation is 1. The summed E-state index contributed by atoms with van der Waals surface area (Å²) in [5.41, 5.74) is 8.72. The number of nitrogens with one attached hydrogen (secondary N) is 1. The fraction of sp³-hybridized carbons (Fsp3) is 0.357. The molecule has 5 heterocycles. The third kappa shape index (κ3) is 6.04. The lowest BCUT2D eigenvalue weighted by atomic mass is 9.93. The van der Waals surface area contributed by atoms with Crippen LogP contribution in [0.15, 0.2) is 55.0 Å². The average Bonchev–Trinajstić information content (AvgIpc) is 3.56. The second-order valence-electron chi connectivity index (χ2n) is 10.2. The van der Waals surface area contributed by atoms with Gasteiger partial charge in [0, 0.05) is 36.0 Å². The minimum absolute atomic E-state index is 0.0317. The summed E-state index contributed by atoms with van der Waals surface area (Å²) < 4.78 is 3.13. The topological polar surface area (TPSA) is 137 Å². The van der Waals surface area contributed by atoms with Crippen LogP contribution in [0.1, 0.15) is 54.4 Å². The largest absolute Gasteiger partial charge is 0.368 e. The van der Waals surface area contributed by atoms with Crippen molar-refractivity contribution in [2.24, 2.45) is 5.73 Å². The van der Waals surface area contributed by atoms with Crippen molar-refractivity contribution in [3.05, 3.63) is 71.9 Å². The molecule has 0 spiro atoms. The Morgan fingerprint density at radius 1 is 1.13 bits per heavy atom. The first kappa shape index (κ1) is 26.2. The first-order chi connectivity index (χ1) is 18.8. The van der Waals surface area contributed by atoms with Gasteiger partial charge in [-0.1, -0.05) is 12.1 Å². The van der Waals surface area contributed by atoms with Crippen molar-refractivity contribution in [2.75, 3.05) is 18.4 Å². The number of piperidine rings is 1. The number of carbonyl (C=O) groups excluding carboxylic acids is 2. The number of primary amides is 1. The van der Waals surface area contributed by atoms with Crippen molar-refractivity contribution >= 4 is 17.6 Å². The molecular formula is C28H33N9O2. The van der Waals surface area contributed by atoms with Gasteiger partial charge in [-0.05, 0) is 70.5 Å². The van der Waals surface area contributed by atoms with Gasteiger partial charge < -0.3 is 16.0 Å². The van der Waals surface area contributed by atoms with Crippen LogP contribution in [-0.4, -0.2) is 65.4 Å². The molecule has 1 aliphatic rings. The predicted molar refractivity (Wildman–Crippen MR) is 147 cm³/mol. The van der Waals surface area contributed by atoms with Gasteiger partial charge in [-0.25, -0.2) is 9.97 Å². The van der Waals surface area contributed by atoms with E-state index in [4.69, 9.17) is 10.8 Å². The highest BCUT2D eigenvalue weighted by atomic mass is 16.2. The predicted octanol–water partition coefficient (Wildman–Crippen LogP) is 3.16. The summed E-state index contributed by atoms with van der Waals surface area (Å²) in [6.07, 6.45) is 7.06. The van der Waals surface area contributed by atoms with E-state index in [1.807, 2.05) is 25.1 Å². The first-order valence-electron chi connectivity index (χ1n) is 13.1. The minimum atomic E-state index is -0.491. The number of rotatable bonds is 8. The maximum atomic E-state index is 13.4. The monoisotopic (exact) mass is 527 g/mol. The van der Waals surface area contributed by atoms with Crippen LogP contribution in [0, 0.1) is 6.92 Å². The SMILES string of the molecule is Cc1ccc(-n2nc(C3CCN(C(C)C)CC3)cc2NC(=O)c2cccc(-c3cnn(CC(N)=O)c3)n2)nc1. The van der Waals surface area contributed by atoms with E-state index in [1.165, 1.54) is 4.68 Å². The molecule has 1 saturated heterocycles. The third-order valence-electron chi connectivity index (χ3n) is 6.99. The van der Waals surface area contributed by atoms with Gasteiger partial charge in [0.05, 0.1) is 17.6 Å². The molecule has 0 saturated carbocycles. The Labute approximate surface area is 227 Å². The Hall–Kier alpha value is -4.38. The fourth-order valence-corrected chi connectivity index (χ4v) is 4.80. The van der Waals surface area contributed by atoms with Crippen molar-refractivity contribution < 1.29 is 9.59 Å². The van der Waals surface area contributed by atoms with Gasteiger partial charge in [-0.3, -0.25) is 14.3 Å².